The number of nitrogens with zero attached hydrogens (tertiary/aromatic N) is 1. The van der Waals surface area contributed by atoms with Crippen molar-refractivity contribution in [3.05, 3.63) is 29.3 Å². The summed E-state index contributed by atoms with van der Waals surface area (Å²) in [5.74, 6) is 0. The molecule has 1 nitrogen and oxygen atoms in total. The van der Waals surface area contributed by atoms with E-state index in [2.05, 4.69) is 11.1 Å². The molecule has 0 saturated heterocycles. The van der Waals surface area contributed by atoms with Gasteiger partial charge in [0.25, 0.3) is 0 Å². The minimum absolute atomic E-state index is 0. The number of rotatable bonds is 1. The van der Waals surface area contributed by atoms with Crippen molar-refractivity contribution in [1.29, 1.82) is 0 Å². The first-order valence-electron chi connectivity index (χ1n) is 3.22. The van der Waals surface area contributed by atoms with Crippen LogP contribution >= 0.6 is 0 Å². The van der Waals surface area contributed by atoms with E-state index in [4.69, 9.17) is 6.72 Å². The van der Waals surface area contributed by atoms with E-state index >= 15 is 0 Å². The van der Waals surface area contributed by atoms with Crippen LogP contribution in [0, 0.1) is 13.8 Å². The van der Waals surface area contributed by atoms with Gasteiger partial charge < -0.3 is 4.99 Å². The first-order valence-corrected chi connectivity index (χ1v) is 3.22. The summed E-state index contributed by atoms with van der Waals surface area (Å²) >= 11 is 0. The fraction of sp³-hybridized carbons (Fsp3) is 0.222. The second-order valence-electron chi connectivity index (χ2n) is 2.42. The van der Waals surface area contributed by atoms with Crippen LogP contribution in [0.2, 0.25) is 0 Å². The van der Waals surface area contributed by atoms with E-state index < -0.39 is 0 Å². The summed E-state index contributed by atoms with van der Waals surface area (Å²) in [7, 11) is 0. The quantitative estimate of drug-likeness (QED) is 0.558. The molecule has 0 aliphatic rings. The van der Waals surface area contributed by atoms with Gasteiger partial charge in [-0.1, -0.05) is 30.3 Å². The predicted octanol–water partition coefficient (Wildman–Crippen LogP) is 2.51. The van der Waals surface area contributed by atoms with Gasteiger partial charge in [-0.25, -0.2) is 0 Å². The van der Waals surface area contributed by atoms with Crippen LogP contribution in [-0.4, -0.2) is 6.72 Å². The fourth-order valence-corrected chi connectivity index (χ4v) is 0.950. The maximum atomic E-state index is 5.13. The van der Waals surface area contributed by atoms with Crippen molar-refractivity contribution < 1.29 is 21.1 Å². The molecule has 56 valence electrons. The van der Waals surface area contributed by atoms with Crippen LogP contribution in [0.25, 0.3) is 0 Å². The SMILES string of the molecule is [CH-]=Nc1ccc(C)cc1C.[W+2]. The molecular formula is C9H10NW+. The molecule has 0 spiro atoms. The van der Waals surface area contributed by atoms with Crippen LogP contribution in [-0.2, 0) is 21.1 Å². The molecule has 0 bridgehead atoms. The molecule has 11 heavy (non-hydrogen) atoms. The van der Waals surface area contributed by atoms with Crippen molar-refractivity contribution in [3.8, 4) is 0 Å². The van der Waals surface area contributed by atoms with Crippen molar-refractivity contribution in [3.63, 3.8) is 0 Å². The average Bonchev–Trinajstić information content (AvgIpc) is 1.88. The van der Waals surface area contributed by atoms with Crippen LogP contribution in [0.4, 0.5) is 5.69 Å². The summed E-state index contributed by atoms with van der Waals surface area (Å²) < 4.78 is 0. The number of hydrogen-bond acceptors (Lipinski definition) is 1. The summed E-state index contributed by atoms with van der Waals surface area (Å²) in [5.41, 5.74) is 3.23. The molecule has 0 aromatic heterocycles. The topological polar surface area (TPSA) is 12.4 Å². The molecule has 0 aliphatic heterocycles. The van der Waals surface area contributed by atoms with E-state index in [0.717, 1.165) is 11.3 Å². The van der Waals surface area contributed by atoms with Gasteiger partial charge in [0, 0.05) is 0 Å². The molecule has 0 aliphatic carbocycles. The van der Waals surface area contributed by atoms with Gasteiger partial charge in [0.1, 0.15) is 0 Å². The average molecular weight is 316 g/mol. The third kappa shape index (κ3) is 2.59. The van der Waals surface area contributed by atoms with Gasteiger partial charge in [0.2, 0.25) is 0 Å². The molecule has 0 fully saturated rings. The smallest absolute Gasteiger partial charge is 0.459 e. The van der Waals surface area contributed by atoms with Crippen molar-refractivity contribution in [2.24, 2.45) is 4.99 Å². The van der Waals surface area contributed by atoms with Gasteiger partial charge in [-0.2, -0.15) is 6.72 Å². The van der Waals surface area contributed by atoms with E-state index in [1.54, 1.807) is 0 Å². The van der Waals surface area contributed by atoms with Gasteiger partial charge in [-0.3, -0.25) is 0 Å². The third-order valence-corrected chi connectivity index (χ3v) is 1.49. The largest absolute Gasteiger partial charge is 2.00 e. The molecule has 0 saturated carbocycles. The van der Waals surface area contributed by atoms with E-state index in [1.807, 2.05) is 26.0 Å². The van der Waals surface area contributed by atoms with Crippen molar-refractivity contribution in [1.82, 2.24) is 0 Å². The Morgan fingerprint density at radius 2 is 1.91 bits per heavy atom. The van der Waals surface area contributed by atoms with Gasteiger partial charge in [-0.05, 0) is 6.92 Å². The molecule has 0 atom stereocenters. The molecule has 0 heterocycles. The van der Waals surface area contributed by atoms with E-state index in [-0.39, 0.29) is 21.1 Å². The Balaban J connectivity index is 0.000001000. The normalized spacial score (nSPS) is 8.55. The van der Waals surface area contributed by atoms with Crippen LogP contribution in [0.5, 0.6) is 0 Å². The standard InChI is InChI=1S/C9H10N.W/c1-7-4-5-9(10-3)8(2)6-7;/h3-6H,1-2H3;/q-1;+2. The van der Waals surface area contributed by atoms with Crippen LogP contribution < -0.4 is 0 Å². The van der Waals surface area contributed by atoms with E-state index in [9.17, 15) is 0 Å². The Kier molecular flexibility index (Phi) is 4.28. The molecule has 0 amide bonds. The summed E-state index contributed by atoms with van der Waals surface area (Å²) in [6.07, 6.45) is 0. The first kappa shape index (κ1) is 10.6. The van der Waals surface area contributed by atoms with Crippen LogP contribution in [0.15, 0.2) is 23.2 Å². The minimum atomic E-state index is 0. The molecule has 1 aromatic carbocycles. The van der Waals surface area contributed by atoms with E-state index in [1.165, 1.54) is 5.56 Å². The second-order valence-corrected chi connectivity index (χ2v) is 2.42. The predicted molar refractivity (Wildman–Crippen MR) is 44.1 cm³/mol. The number of aliphatic imine (C=N–C) groups is 1. The second kappa shape index (κ2) is 4.46. The summed E-state index contributed by atoms with van der Waals surface area (Å²) in [6.45, 7) is 9.17. The van der Waals surface area contributed by atoms with Crippen molar-refractivity contribution >= 4 is 12.4 Å². The monoisotopic (exact) mass is 316 g/mol. The Labute approximate surface area is 81.8 Å². The zero-order valence-electron chi connectivity index (χ0n) is 6.66. The zero-order chi connectivity index (χ0) is 7.56. The molecule has 0 unspecified atom stereocenters. The van der Waals surface area contributed by atoms with Crippen molar-refractivity contribution in [2.75, 3.05) is 0 Å². The number of benzene rings is 1. The van der Waals surface area contributed by atoms with Gasteiger partial charge in [0.05, 0.1) is 0 Å². The first-order chi connectivity index (χ1) is 4.74. The summed E-state index contributed by atoms with van der Waals surface area (Å²) in [6, 6.07) is 5.98. The Hall–Kier alpha value is -0.422. The number of aryl methyl sites for hydroxylation is 2. The van der Waals surface area contributed by atoms with Crippen LogP contribution in [0.1, 0.15) is 11.1 Å². The molecule has 0 N–H and O–H groups in total. The van der Waals surface area contributed by atoms with Gasteiger partial charge in [-0.15, -0.1) is 11.6 Å². The Bertz CT molecular complexity index is 256. The molecule has 2 heteroatoms. The fourth-order valence-electron chi connectivity index (χ4n) is 0.950. The Morgan fingerprint density at radius 3 is 2.36 bits per heavy atom. The number of hydrogen-bond donors (Lipinski definition) is 0. The minimum Gasteiger partial charge on any atom is -0.459 e. The van der Waals surface area contributed by atoms with Crippen molar-refractivity contribution in [2.45, 2.75) is 13.8 Å². The molecule has 1 aromatic rings. The molecule has 1 rings (SSSR count). The third-order valence-electron chi connectivity index (χ3n) is 1.49. The van der Waals surface area contributed by atoms with Gasteiger partial charge in [0.15, 0.2) is 0 Å². The zero-order valence-corrected chi connectivity index (χ0v) is 9.60. The molecular weight excluding hydrogens is 306 g/mol. The molecule has 0 radical (unpaired) electrons. The summed E-state index contributed by atoms with van der Waals surface area (Å²) in [4.78, 5) is 3.61. The Morgan fingerprint density at radius 1 is 1.27 bits per heavy atom. The van der Waals surface area contributed by atoms with Crippen LogP contribution in [0.3, 0.4) is 0 Å². The van der Waals surface area contributed by atoms with Gasteiger partial charge >= 0.3 is 21.1 Å². The summed E-state index contributed by atoms with van der Waals surface area (Å²) in [5, 5.41) is 0. The maximum Gasteiger partial charge on any atom is 2.00 e. The maximum absolute atomic E-state index is 5.13. The van der Waals surface area contributed by atoms with E-state index in [0.29, 0.717) is 0 Å².